The van der Waals surface area contributed by atoms with E-state index in [0.717, 1.165) is 28.6 Å². The quantitative estimate of drug-likeness (QED) is 0.637. The number of hydrogen-bond donors (Lipinski definition) is 0. The summed E-state index contributed by atoms with van der Waals surface area (Å²) in [5, 5.41) is 0. The fourth-order valence-electron chi connectivity index (χ4n) is 1.91. The molecule has 0 saturated carbocycles. The molecule has 0 saturated heterocycles. The molecule has 0 atom stereocenters. The average molecular weight is 224 g/mol. The van der Waals surface area contributed by atoms with Gasteiger partial charge in [-0.2, -0.15) is 0 Å². The standard InChI is InChI=1S/C13H12N4/c1-9-7-10(2)17-8-12(16-13(17)15-9)11-5-3-4-6-14-11/h3-8H,1-2H3. The van der Waals surface area contributed by atoms with Crippen LogP contribution < -0.4 is 0 Å². The maximum atomic E-state index is 4.49. The van der Waals surface area contributed by atoms with Crippen molar-refractivity contribution < 1.29 is 0 Å². The molecule has 0 aliphatic carbocycles. The third kappa shape index (κ3) is 1.67. The van der Waals surface area contributed by atoms with Crippen LogP contribution in [-0.2, 0) is 0 Å². The molecule has 0 bridgehead atoms. The zero-order valence-electron chi connectivity index (χ0n) is 9.75. The van der Waals surface area contributed by atoms with Gasteiger partial charge in [-0.3, -0.25) is 9.38 Å². The lowest BCUT2D eigenvalue weighted by atomic mass is 10.3. The lowest BCUT2D eigenvalue weighted by Gasteiger charge is -1.98. The minimum absolute atomic E-state index is 0.725. The second kappa shape index (κ2) is 3.66. The molecule has 0 aliphatic rings. The Morgan fingerprint density at radius 1 is 1.06 bits per heavy atom. The average Bonchev–Trinajstić information content (AvgIpc) is 2.74. The van der Waals surface area contributed by atoms with Gasteiger partial charge in [-0.15, -0.1) is 0 Å². The van der Waals surface area contributed by atoms with Gasteiger partial charge < -0.3 is 0 Å². The number of aryl methyl sites for hydroxylation is 2. The Labute approximate surface area is 99.0 Å². The van der Waals surface area contributed by atoms with Gasteiger partial charge in [0.2, 0.25) is 5.78 Å². The van der Waals surface area contributed by atoms with Crippen LogP contribution in [0.1, 0.15) is 11.4 Å². The zero-order valence-corrected chi connectivity index (χ0v) is 9.75. The van der Waals surface area contributed by atoms with Gasteiger partial charge in [-0.25, -0.2) is 9.97 Å². The van der Waals surface area contributed by atoms with Crippen LogP contribution >= 0.6 is 0 Å². The fourth-order valence-corrected chi connectivity index (χ4v) is 1.91. The van der Waals surface area contributed by atoms with Crippen LogP contribution in [0.2, 0.25) is 0 Å². The van der Waals surface area contributed by atoms with Crippen molar-refractivity contribution in [1.82, 2.24) is 19.4 Å². The number of rotatable bonds is 1. The van der Waals surface area contributed by atoms with E-state index in [4.69, 9.17) is 0 Å². The van der Waals surface area contributed by atoms with Crippen LogP contribution in [0.4, 0.5) is 0 Å². The summed E-state index contributed by atoms with van der Waals surface area (Å²) in [6.07, 6.45) is 3.74. The van der Waals surface area contributed by atoms with Crippen LogP contribution in [0.3, 0.4) is 0 Å². The second-order valence-corrected chi connectivity index (χ2v) is 4.05. The molecular formula is C13H12N4. The van der Waals surface area contributed by atoms with Gasteiger partial charge >= 0.3 is 0 Å². The van der Waals surface area contributed by atoms with Crippen molar-refractivity contribution in [1.29, 1.82) is 0 Å². The molecule has 0 spiro atoms. The smallest absolute Gasteiger partial charge is 0.234 e. The van der Waals surface area contributed by atoms with E-state index < -0.39 is 0 Å². The summed E-state index contributed by atoms with van der Waals surface area (Å²) < 4.78 is 1.98. The van der Waals surface area contributed by atoms with Crippen molar-refractivity contribution in [3.63, 3.8) is 0 Å². The predicted octanol–water partition coefficient (Wildman–Crippen LogP) is 2.41. The minimum atomic E-state index is 0.725. The number of fused-ring (bicyclic) bond motifs is 1. The SMILES string of the molecule is Cc1cc(C)n2cc(-c3ccccn3)nc2n1. The summed E-state index contributed by atoms with van der Waals surface area (Å²) in [5.41, 5.74) is 3.83. The molecular weight excluding hydrogens is 212 g/mol. The normalized spacial score (nSPS) is 10.9. The van der Waals surface area contributed by atoms with Crippen LogP contribution in [0.15, 0.2) is 36.7 Å². The first kappa shape index (κ1) is 9.96. The maximum Gasteiger partial charge on any atom is 0.234 e. The van der Waals surface area contributed by atoms with Gasteiger partial charge in [-0.05, 0) is 32.0 Å². The molecule has 4 nitrogen and oxygen atoms in total. The van der Waals surface area contributed by atoms with E-state index in [2.05, 4.69) is 15.0 Å². The van der Waals surface area contributed by atoms with Crippen molar-refractivity contribution in [2.45, 2.75) is 13.8 Å². The summed E-state index contributed by atoms with van der Waals surface area (Å²) in [6, 6.07) is 7.84. The maximum absolute atomic E-state index is 4.49. The first-order valence-electron chi connectivity index (χ1n) is 5.49. The monoisotopic (exact) mass is 224 g/mol. The minimum Gasteiger partial charge on any atom is -0.288 e. The topological polar surface area (TPSA) is 43.1 Å². The van der Waals surface area contributed by atoms with Gasteiger partial charge in [-0.1, -0.05) is 6.07 Å². The first-order chi connectivity index (χ1) is 8.24. The number of aromatic nitrogens is 4. The van der Waals surface area contributed by atoms with E-state index in [1.54, 1.807) is 6.20 Å². The molecule has 0 amide bonds. The first-order valence-corrected chi connectivity index (χ1v) is 5.49. The highest BCUT2D eigenvalue weighted by Crippen LogP contribution is 2.16. The van der Waals surface area contributed by atoms with Crippen molar-refractivity contribution in [2.75, 3.05) is 0 Å². The Bertz CT molecular complexity index is 670. The lowest BCUT2D eigenvalue weighted by molar-refractivity contribution is 1.01. The molecule has 3 heterocycles. The Kier molecular flexibility index (Phi) is 2.14. The van der Waals surface area contributed by atoms with Gasteiger partial charge in [0.05, 0.1) is 5.69 Å². The molecule has 17 heavy (non-hydrogen) atoms. The van der Waals surface area contributed by atoms with Crippen LogP contribution in [0.25, 0.3) is 17.2 Å². The summed E-state index contributed by atoms with van der Waals surface area (Å²) in [7, 11) is 0. The molecule has 3 aromatic rings. The molecule has 4 heteroatoms. The van der Waals surface area contributed by atoms with Crippen LogP contribution in [-0.4, -0.2) is 19.4 Å². The van der Waals surface area contributed by atoms with E-state index in [1.807, 2.05) is 48.7 Å². The largest absolute Gasteiger partial charge is 0.288 e. The van der Waals surface area contributed by atoms with E-state index in [9.17, 15) is 0 Å². The Hall–Kier alpha value is -2.23. The third-order valence-corrected chi connectivity index (χ3v) is 2.69. The highest BCUT2D eigenvalue weighted by atomic mass is 15.1. The molecule has 0 fully saturated rings. The van der Waals surface area contributed by atoms with Gasteiger partial charge in [0.25, 0.3) is 0 Å². The Morgan fingerprint density at radius 2 is 1.94 bits per heavy atom. The molecule has 3 rings (SSSR count). The van der Waals surface area contributed by atoms with Crippen molar-refractivity contribution >= 4 is 5.78 Å². The molecule has 3 aromatic heterocycles. The number of nitrogens with zero attached hydrogens (tertiary/aromatic N) is 4. The molecule has 0 radical (unpaired) electrons. The molecule has 0 unspecified atom stereocenters. The highest BCUT2D eigenvalue weighted by molar-refractivity contribution is 5.57. The molecule has 0 aliphatic heterocycles. The second-order valence-electron chi connectivity index (χ2n) is 4.05. The zero-order chi connectivity index (χ0) is 11.8. The Morgan fingerprint density at radius 3 is 2.71 bits per heavy atom. The number of imidazole rings is 1. The summed E-state index contributed by atoms with van der Waals surface area (Å²) in [5.74, 6) is 0.725. The molecule has 0 N–H and O–H groups in total. The number of hydrogen-bond acceptors (Lipinski definition) is 3. The van der Waals surface area contributed by atoms with Crippen molar-refractivity contribution in [3.8, 4) is 11.4 Å². The van der Waals surface area contributed by atoms with Crippen molar-refractivity contribution in [2.24, 2.45) is 0 Å². The van der Waals surface area contributed by atoms with E-state index in [-0.39, 0.29) is 0 Å². The van der Waals surface area contributed by atoms with Gasteiger partial charge in [0.1, 0.15) is 5.69 Å². The predicted molar refractivity (Wildman–Crippen MR) is 65.7 cm³/mol. The molecule has 84 valence electrons. The third-order valence-electron chi connectivity index (χ3n) is 2.69. The fraction of sp³-hybridized carbons (Fsp3) is 0.154. The number of pyridine rings is 1. The van der Waals surface area contributed by atoms with E-state index in [0.29, 0.717) is 0 Å². The summed E-state index contributed by atoms with van der Waals surface area (Å²) in [6.45, 7) is 4.02. The van der Waals surface area contributed by atoms with Gasteiger partial charge in [0.15, 0.2) is 0 Å². The van der Waals surface area contributed by atoms with E-state index >= 15 is 0 Å². The summed E-state index contributed by atoms with van der Waals surface area (Å²) >= 11 is 0. The van der Waals surface area contributed by atoms with E-state index in [1.165, 1.54) is 0 Å². The van der Waals surface area contributed by atoms with Crippen molar-refractivity contribution in [3.05, 3.63) is 48.0 Å². The Balaban J connectivity index is 2.24. The van der Waals surface area contributed by atoms with Crippen LogP contribution in [0, 0.1) is 13.8 Å². The van der Waals surface area contributed by atoms with Crippen LogP contribution in [0.5, 0.6) is 0 Å². The lowest BCUT2D eigenvalue weighted by Crippen LogP contribution is -1.94. The highest BCUT2D eigenvalue weighted by Gasteiger charge is 2.07. The van der Waals surface area contributed by atoms with Gasteiger partial charge in [0, 0.05) is 23.8 Å². The summed E-state index contributed by atoms with van der Waals surface area (Å²) in [4.78, 5) is 13.2. The molecule has 0 aromatic carbocycles.